The van der Waals surface area contributed by atoms with Gasteiger partial charge < -0.3 is 0 Å². The van der Waals surface area contributed by atoms with Crippen LogP contribution in [0.4, 0.5) is 0 Å². The Morgan fingerprint density at radius 2 is 0.950 bits per heavy atom. The van der Waals surface area contributed by atoms with Gasteiger partial charge in [-0.25, -0.2) is 0 Å². The molecule has 0 aliphatic rings. The van der Waals surface area contributed by atoms with Crippen molar-refractivity contribution in [1.82, 2.24) is 0 Å². The summed E-state index contributed by atoms with van der Waals surface area (Å²) in [6.07, 6.45) is 0. The Balaban J connectivity index is 2.58. The predicted molar refractivity (Wildman–Crippen MR) is 89.0 cm³/mol. The molecule has 2 atom stereocenters. The Hall–Kier alpha value is -0.980. The van der Waals surface area contributed by atoms with Crippen LogP contribution < -0.4 is 0 Å². The van der Waals surface area contributed by atoms with Crippen LogP contribution >= 0.6 is 23.2 Å². The lowest BCUT2D eigenvalue weighted by Crippen LogP contribution is -2.48. The molecule has 0 aliphatic heterocycles. The zero-order chi connectivity index (χ0) is 14.6. The quantitative estimate of drug-likeness (QED) is 0.651. The average Bonchev–Trinajstić information content (AvgIpc) is 2.54. The van der Waals surface area contributed by atoms with Gasteiger partial charge in [0.1, 0.15) is 0 Å². The lowest BCUT2D eigenvalue weighted by Gasteiger charge is -2.45. The van der Waals surface area contributed by atoms with Crippen molar-refractivity contribution in [2.75, 3.05) is 11.8 Å². The van der Waals surface area contributed by atoms with E-state index in [1.165, 1.54) is 11.1 Å². The molecule has 0 radical (unpaired) electrons. The van der Waals surface area contributed by atoms with Crippen LogP contribution in [0, 0.1) is 0 Å². The van der Waals surface area contributed by atoms with Crippen LogP contribution in [0.15, 0.2) is 60.7 Å². The smallest absolute Gasteiger partial charge is 0.0326 e. The first kappa shape index (κ1) is 15.4. The molecule has 0 bridgehead atoms. The third-order valence-corrected chi connectivity index (χ3v) is 5.64. The first-order valence-corrected chi connectivity index (χ1v) is 7.88. The zero-order valence-electron chi connectivity index (χ0n) is 11.9. The molecule has 20 heavy (non-hydrogen) atoms. The molecule has 0 fully saturated rings. The second-order valence-electron chi connectivity index (χ2n) is 5.66. The van der Waals surface area contributed by atoms with Gasteiger partial charge in [0.15, 0.2) is 0 Å². The molecule has 0 saturated carbocycles. The third-order valence-electron chi connectivity index (χ3n) is 4.57. The van der Waals surface area contributed by atoms with Crippen LogP contribution in [0.3, 0.4) is 0 Å². The maximum absolute atomic E-state index is 6.40. The molecule has 2 heteroatoms. The average molecular weight is 307 g/mol. The van der Waals surface area contributed by atoms with Gasteiger partial charge in [0, 0.05) is 22.6 Å². The minimum Gasteiger partial charge on any atom is -0.126 e. The molecular formula is C18H20Cl2. The fourth-order valence-electron chi connectivity index (χ4n) is 2.70. The minimum absolute atomic E-state index is 0.223. The van der Waals surface area contributed by atoms with Gasteiger partial charge in [0.25, 0.3) is 0 Å². The molecule has 0 aromatic heterocycles. The summed E-state index contributed by atoms with van der Waals surface area (Å²) in [6, 6.07) is 20.8. The highest BCUT2D eigenvalue weighted by Crippen LogP contribution is 2.45. The van der Waals surface area contributed by atoms with E-state index in [0.29, 0.717) is 11.8 Å². The van der Waals surface area contributed by atoms with E-state index in [0.717, 1.165) is 0 Å². The van der Waals surface area contributed by atoms with Crippen molar-refractivity contribution in [1.29, 1.82) is 0 Å². The first-order valence-electron chi connectivity index (χ1n) is 6.81. The topological polar surface area (TPSA) is 0 Å². The van der Waals surface area contributed by atoms with Crippen LogP contribution in [-0.2, 0) is 10.8 Å². The standard InChI is InChI=1S/C18H20Cl2/c1-17(13-19,15-9-5-3-6-10-15)18(2,14-20)16-11-7-4-8-12-16/h3-12H,13-14H2,1-2H3. The van der Waals surface area contributed by atoms with Crippen molar-refractivity contribution in [2.24, 2.45) is 0 Å². The van der Waals surface area contributed by atoms with E-state index in [1.54, 1.807) is 0 Å². The van der Waals surface area contributed by atoms with E-state index in [2.05, 4.69) is 62.4 Å². The Morgan fingerprint density at radius 3 is 1.20 bits per heavy atom. The molecule has 0 nitrogen and oxygen atoms in total. The van der Waals surface area contributed by atoms with E-state index in [-0.39, 0.29) is 10.8 Å². The Bertz CT molecular complexity index is 486. The van der Waals surface area contributed by atoms with Crippen molar-refractivity contribution in [3.8, 4) is 0 Å². The molecule has 0 aliphatic carbocycles. The van der Waals surface area contributed by atoms with Crippen LogP contribution in [0.2, 0.25) is 0 Å². The Labute approximate surface area is 131 Å². The van der Waals surface area contributed by atoms with Crippen molar-refractivity contribution >= 4 is 23.2 Å². The van der Waals surface area contributed by atoms with Crippen LogP contribution in [0.1, 0.15) is 25.0 Å². The first-order chi connectivity index (χ1) is 9.58. The van der Waals surface area contributed by atoms with Gasteiger partial charge in [-0.05, 0) is 11.1 Å². The van der Waals surface area contributed by atoms with E-state index >= 15 is 0 Å². The van der Waals surface area contributed by atoms with Crippen molar-refractivity contribution < 1.29 is 0 Å². The second-order valence-corrected chi connectivity index (χ2v) is 6.20. The van der Waals surface area contributed by atoms with Gasteiger partial charge in [-0.3, -0.25) is 0 Å². The van der Waals surface area contributed by atoms with Gasteiger partial charge >= 0.3 is 0 Å². The highest BCUT2D eigenvalue weighted by Gasteiger charge is 2.45. The lowest BCUT2D eigenvalue weighted by molar-refractivity contribution is 0.312. The summed E-state index contributed by atoms with van der Waals surface area (Å²) in [4.78, 5) is 0. The molecule has 2 aromatic carbocycles. The molecule has 2 aromatic rings. The second kappa shape index (κ2) is 6.20. The molecule has 0 heterocycles. The number of hydrogen-bond acceptors (Lipinski definition) is 0. The summed E-state index contributed by atoms with van der Waals surface area (Å²) in [7, 11) is 0. The number of hydrogen-bond donors (Lipinski definition) is 0. The van der Waals surface area contributed by atoms with E-state index in [9.17, 15) is 0 Å². The molecule has 2 unspecified atom stereocenters. The fraction of sp³-hybridized carbons (Fsp3) is 0.333. The monoisotopic (exact) mass is 306 g/mol. The summed E-state index contributed by atoms with van der Waals surface area (Å²) >= 11 is 12.8. The van der Waals surface area contributed by atoms with Crippen LogP contribution in [-0.4, -0.2) is 11.8 Å². The Morgan fingerprint density at radius 1 is 0.650 bits per heavy atom. The summed E-state index contributed by atoms with van der Waals surface area (Å²) in [5.74, 6) is 1.05. The summed E-state index contributed by atoms with van der Waals surface area (Å²) in [6.45, 7) is 4.40. The summed E-state index contributed by atoms with van der Waals surface area (Å²) in [5.41, 5.74) is 2.00. The van der Waals surface area contributed by atoms with Crippen molar-refractivity contribution in [3.05, 3.63) is 71.8 Å². The van der Waals surface area contributed by atoms with E-state index in [1.807, 2.05) is 12.1 Å². The highest BCUT2D eigenvalue weighted by molar-refractivity contribution is 6.20. The lowest BCUT2D eigenvalue weighted by atomic mass is 9.61. The largest absolute Gasteiger partial charge is 0.126 e. The van der Waals surface area contributed by atoms with Gasteiger partial charge in [-0.15, -0.1) is 23.2 Å². The molecule has 0 amide bonds. The van der Waals surface area contributed by atoms with Crippen molar-refractivity contribution in [2.45, 2.75) is 24.7 Å². The molecule has 106 valence electrons. The van der Waals surface area contributed by atoms with Crippen LogP contribution in [0.25, 0.3) is 0 Å². The zero-order valence-corrected chi connectivity index (χ0v) is 13.5. The molecule has 0 saturated heterocycles. The van der Waals surface area contributed by atoms with Crippen LogP contribution in [0.5, 0.6) is 0 Å². The maximum atomic E-state index is 6.40. The number of halogens is 2. The molecular weight excluding hydrogens is 287 g/mol. The molecule has 0 spiro atoms. The number of benzene rings is 2. The predicted octanol–water partition coefficient (Wildman–Crippen LogP) is 5.38. The highest BCUT2D eigenvalue weighted by atomic mass is 35.5. The molecule has 2 rings (SSSR count). The number of alkyl halides is 2. The van der Waals surface area contributed by atoms with Gasteiger partial charge in [0.05, 0.1) is 0 Å². The molecule has 0 N–H and O–H groups in total. The van der Waals surface area contributed by atoms with Gasteiger partial charge in [-0.2, -0.15) is 0 Å². The maximum Gasteiger partial charge on any atom is 0.0326 e. The fourth-order valence-corrected chi connectivity index (χ4v) is 3.60. The third kappa shape index (κ3) is 2.47. The normalized spacial score (nSPS) is 17.2. The summed E-state index contributed by atoms with van der Waals surface area (Å²) in [5, 5.41) is 0. The number of rotatable bonds is 5. The minimum atomic E-state index is -0.223. The van der Waals surface area contributed by atoms with E-state index in [4.69, 9.17) is 23.2 Å². The Kier molecular flexibility index (Phi) is 4.78. The van der Waals surface area contributed by atoms with Gasteiger partial charge in [0.2, 0.25) is 0 Å². The summed E-state index contributed by atoms with van der Waals surface area (Å²) < 4.78 is 0. The van der Waals surface area contributed by atoms with Crippen molar-refractivity contribution in [3.63, 3.8) is 0 Å². The van der Waals surface area contributed by atoms with E-state index < -0.39 is 0 Å². The van der Waals surface area contributed by atoms with Gasteiger partial charge in [-0.1, -0.05) is 74.5 Å². The SMILES string of the molecule is CC(CCl)(c1ccccc1)C(C)(CCl)c1ccccc1.